The van der Waals surface area contributed by atoms with Crippen LogP contribution < -0.4 is 0 Å². The molecule has 16 rings (SSSR count). The Morgan fingerprint density at radius 1 is 0.430 bits per heavy atom. The van der Waals surface area contributed by atoms with Gasteiger partial charge in [-0.3, -0.25) is 19.9 Å². The van der Waals surface area contributed by atoms with Crippen molar-refractivity contribution in [2.24, 2.45) is 5.92 Å². The van der Waals surface area contributed by atoms with Crippen molar-refractivity contribution in [2.75, 3.05) is 0 Å². The smallest absolute Gasteiger partial charge is 0.0724 e. The Balaban J connectivity index is 0.707. The number of allylic oxidation sites excluding steroid dienone is 5. The van der Waals surface area contributed by atoms with Crippen molar-refractivity contribution in [1.29, 1.82) is 0 Å². The molecule has 0 spiro atoms. The van der Waals surface area contributed by atoms with E-state index in [-0.39, 0.29) is 11.8 Å². The Labute approximate surface area is 456 Å². The average Bonchev–Trinajstić information content (AvgIpc) is 4.45. The fourth-order valence-electron chi connectivity index (χ4n) is 13.3. The van der Waals surface area contributed by atoms with Gasteiger partial charge in [-0.25, -0.2) is 0 Å². The third kappa shape index (κ3) is 7.14. The molecule has 3 unspecified atom stereocenters. The summed E-state index contributed by atoms with van der Waals surface area (Å²) in [5.41, 5.74) is 21.4. The zero-order valence-electron chi connectivity index (χ0n) is 43.7. The van der Waals surface area contributed by atoms with Crippen LogP contribution in [-0.4, -0.2) is 38.2 Å². The number of hydrogen-bond acceptors (Lipinski definition) is 4. The molecule has 0 bridgehead atoms. The van der Waals surface area contributed by atoms with Crippen LogP contribution >= 0.6 is 0 Å². The standard InChI is InChI=1S/C71H52N8/c1-44-6-5-8-61-60-29-33-75-43-70(60)79(71(44)61)53-20-12-47(13-21-53)37-46-10-18-51(19-11-46)77-67-38-49(16-25-57(67)59-28-32-74-42-69(59)77)50-17-26-58-63-41-73-34-30-65(63)76(68(58)39-50)52-22-14-48(15-23-52)55-27-24-54(36-45(55)2)78-64-9-4-3-7-56(64)62-40-72-35-31-66(62)78/h3-5,7-36,38-45,55H,6,37H2,1-2H3. The molecule has 6 aromatic carbocycles. The van der Waals surface area contributed by atoms with Gasteiger partial charge in [-0.1, -0.05) is 117 Å². The predicted octanol–water partition coefficient (Wildman–Crippen LogP) is 17.1. The maximum atomic E-state index is 4.63. The summed E-state index contributed by atoms with van der Waals surface area (Å²) in [6.45, 7) is 4.66. The number of fused-ring (bicyclic) bond motifs is 12. The lowest BCUT2D eigenvalue weighted by Crippen LogP contribution is -2.11. The molecule has 8 heterocycles. The molecule has 0 N–H and O–H groups in total. The summed E-state index contributed by atoms with van der Waals surface area (Å²) in [6, 6.07) is 58.3. The summed E-state index contributed by atoms with van der Waals surface area (Å²) in [5, 5.41) is 8.34. The van der Waals surface area contributed by atoms with E-state index in [1.165, 1.54) is 82.7 Å². The van der Waals surface area contributed by atoms with Gasteiger partial charge in [0.25, 0.3) is 0 Å². The second kappa shape index (κ2) is 17.8. The molecule has 14 aromatic rings. The molecule has 8 aromatic heterocycles. The summed E-state index contributed by atoms with van der Waals surface area (Å²) in [6.07, 6.45) is 29.1. The number of para-hydroxylation sites is 1. The maximum Gasteiger partial charge on any atom is 0.0724 e. The lowest BCUT2D eigenvalue weighted by Gasteiger charge is -2.25. The lowest BCUT2D eigenvalue weighted by atomic mass is 9.83. The second-order valence-corrected chi connectivity index (χ2v) is 21.7. The number of hydrogen-bond donors (Lipinski definition) is 0. The minimum atomic E-state index is 0.243. The highest BCUT2D eigenvalue weighted by Crippen LogP contribution is 2.42. The van der Waals surface area contributed by atoms with Crippen LogP contribution in [0.3, 0.4) is 0 Å². The Hall–Kier alpha value is -9.92. The van der Waals surface area contributed by atoms with Gasteiger partial charge in [0.15, 0.2) is 0 Å². The number of nitrogens with zero attached hydrogens (tertiary/aromatic N) is 8. The van der Waals surface area contributed by atoms with Crippen molar-refractivity contribution in [2.45, 2.75) is 38.5 Å². The first kappa shape index (κ1) is 45.3. The van der Waals surface area contributed by atoms with Crippen molar-refractivity contribution in [3.05, 3.63) is 260 Å². The highest BCUT2D eigenvalue weighted by Gasteiger charge is 2.25. The van der Waals surface area contributed by atoms with E-state index in [1.807, 2.05) is 49.6 Å². The number of rotatable bonds is 8. The summed E-state index contributed by atoms with van der Waals surface area (Å²) in [7, 11) is 0. The highest BCUT2D eigenvalue weighted by atomic mass is 15.0. The van der Waals surface area contributed by atoms with Crippen molar-refractivity contribution in [1.82, 2.24) is 38.2 Å². The largest absolute Gasteiger partial charge is 0.311 e. The van der Waals surface area contributed by atoms with E-state index in [4.69, 9.17) is 0 Å². The molecule has 2 aliphatic carbocycles. The van der Waals surface area contributed by atoms with Gasteiger partial charge in [0.1, 0.15) is 0 Å². The van der Waals surface area contributed by atoms with Crippen molar-refractivity contribution < 1.29 is 0 Å². The zero-order chi connectivity index (χ0) is 52.3. The van der Waals surface area contributed by atoms with Crippen LogP contribution in [0, 0.1) is 5.92 Å². The van der Waals surface area contributed by atoms with Crippen LogP contribution in [-0.2, 0) is 6.42 Å². The van der Waals surface area contributed by atoms with Crippen LogP contribution in [0.25, 0.3) is 116 Å². The molecule has 0 amide bonds. The quantitative estimate of drug-likeness (QED) is 0.152. The summed E-state index contributed by atoms with van der Waals surface area (Å²) < 4.78 is 9.57. The molecule has 2 aliphatic rings. The van der Waals surface area contributed by atoms with Gasteiger partial charge in [0, 0.05) is 121 Å². The van der Waals surface area contributed by atoms with Gasteiger partial charge in [0.05, 0.1) is 51.0 Å². The average molecular weight is 1020 g/mol. The number of aromatic nitrogens is 8. The van der Waals surface area contributed by atoms with Crippen molar-refractivity contribution >= 4 is 88.1 Å². The fraction of sp³-hybridized carbons (Fsp3) is 0.0986. The zero-order valence-corrected chi connectivity index (χ0v) is 43.7. The van der Waals surface area contributed by atoms with E-state index in [1.54, 1.807) is 0 Å². The van der Waals surface area contributed by atoms with Crippen LogP contribution in [0.1, 0.15) is 60.1 Å². The highest BCUT2D eigenvalue weighted by molar-refractivity contribution is 6.13. The monoisotopic (exact) mass is 1020 g/mol. The van der Waals surface area contributed by atoms with Gasteiger partial charge in [-0.2, -0.15) is 0 Å². The molecule has 0 fully saturated rings. The third-order valence-corrected chi connectivity index (χ3v) is 17.1. The summed E-state index contributed by atoms with van der Waals surface area (Å²) in [4.78, 5) is 18.2. The summed E-state index contributed by atoms with van der Waals surface area (Å²) >= 11 is 0. The van der Waals surface area contributed by atoms with Gasteiger partial charge < -0.3 is 18.3 Å². The first-order chi connectivity index (χ1) is 39.0. The van der Waals surface area contributed by atoms with Crippen molar-refractivity contribution in [3.8, 4) is 28.2 Å². The Bertz CT molecular complexity index is 4810. The van der Waals surface area contributed by atoms with Gasteiger partial charge in [0.2, 0.25) is 0 Å². The first-order valence-electron chi connectivity index (χ1n) is 27.4. The molecule has 0 radical (unpaired) electrons. The van der Waals surface area contributed by atoms with E-state index in [2.05, 4.69) is 240 Å². The molecule has 8 heteroatoms. The molecule has 0 saturated carbocycles. The third-order valence-electron chi connectivity index (χ3n) is 17.1. The van der Waals surface area contributed by atoms with Crippen LogP contribution in [0.2, 0.25) is 0 Å². The Kier molecular flexibility index (Phi) is 10.2. The minimum Gasteiger partial charge on any atom is -0.311 e. The molecule has 0 aliphatic heterocycles. The Morgan fingerprint density at radius 2 is 0.949 bits per heavy atom. The van der Waals surface area contributed by atoms with E-state index in [0.717, 1.165) is 68.3 Å². The van der Waals surface area contributed by atoms with Crippen LogP contribution in [0.5, 0.6) is 0 Å². The van der Waals surface area contributed by atoms with Gasteiger partial charge in [-0.05, 0) is 132 Å². The number of benzene rings is 6. The van der Waals surface area contributed by atoms with Crippen LogP contribution in [0.4, 0.5) is 0 Å². The van der Waals surface area contributed by atoms with Gasteiger partial charge in [-0.15, -0.1) is 0 Å². The van der Waals surface area contributed by atoms with Gasteiger partial charge >= 0.3 is 0 Å². The normalized spacial score (nSPS) is 16.3. The minimum absolute atomic E-state index is 0.243. The maximum absolute atomic E-state index is 4.63. The van der Waals surface area contributed by atoms with E-state index < -0.39 is 0 Å². The van der Waals surface area contributed by atoms with E-state index in [9.17, 15) is 0 Å². The molecule has 79 heavy (non-hydrogen) atoms. The second-order valence-electron chi connectivity index (χ2n) is 21.7. The first-order valence-corrected chi connectivity index (χ1v) is 27.4. The fourth-order valence-corrected chi connectivity index (χ4v) is 13.3. The molecule has 3 atom stereocenters. The molecule has 8 nitrogen and oxygen atoms in total. The topological polar surface area (TPSA) is 71.3 Å². The molecule has 376 valence electrons. The molecular weight excluding hydrogens is 965 g/mol. The summed E-state index contributed by atoms with van der Waals surface area (Å²) in [5.74, 6) is 0.962. The van der Waals surface area contributed by atoms with Crippen LogP contribution in [0.15, 0.2) is 232 Å². The Morgan fingerprint density at radius 3 is 1.62 bits per heavy atom. The molecular formula is C71H52N8. The van der Waals surface area contributed by atoms with E-state index in [0.29, 0.717) is 5.92 Å². The van der Waals surface area contributed by atoms with Crippen molar-refractivity contribution in [3.63, 3.8) is 0 Å². The van der Waals surface area contributed by atoms with E-state index >= 15 is 0 Å². The SMILES string of the molecule is CC1CC=Cc2c1n(-c1ccc(Cc3ccc(-n4c5cnccc5c5ccc(-c6ccc7c8cnccc8n(-c8ccc(C9C=CC(n%10c%11ccccc%11c%11cnccc%11%10)=CC9C)cc8)c7c6)cc54)cc3)cc1)c1cnccc21. The predicted molar refractivity (Wildman–Crippen MR) is 325 cm³/mol. The number of pyridine rings is 4. The molecule has 0 saturated heterocycles. The lowest BCUT2D eigenvalue weighted by molar-refractivity contribution is 0.635.